The first kappa shape index (κ1) is 22.2. The Morgan fingerprint density at radius 3 is 2.50 bits per heavy atom. The molecular formula is C23H34N4O3. The van der Waals surface area contributed by atoms with Gasteiger partial charge in [0.05, 0.1) is 0 Å². The maximum absolute atomic E-state index is 12.7. The lowest BCUT2D eigenvalue weighted by Crippen LogP contribution is -2.49. The number of piperidine rings is 1. The molecule has 7 heteroatoms. The molecule has 7 nitrogen and oxygen atoms in total. The molecule has 1 unspecified atom stereocenters. The van der Waals surface area contributed by atoms with Crippen molar-refractivity contribution in [2.45, 2.75) is 46.0 Å². The van der Waals surface area contributed by atoms with Crippen LogP contribution in [0.2, 0.25) is 0 Å². The van der Waals surface area contributed by atoms with Gasteiger partial charge in [0.15, 0.2) is 0 Å². The lowest BCUT2D eigenvalue weighted by atomic mass is 9.92. The van der Waals surface area contributed by atoms with Crippen LogP contribution in [0.5, 0.6) is 0 Å². The number of carbonyl (C=O) groups excluding carboxylic acids is 3. The summed E-state index contributed by atoms with van der Waals surface area (Å²) in [4.78, 5) is 47.4. The number of ketones is 1. The summed E-state index contributed by atoms with van der Waals surface area (Å²) in [5.74, 6) is 1.02. The zero-order valence-electron chi connectivity index (χ0n) is 18.3. The lowest BCUT2D eigenvalue weighted by Gasteiger charge is -2.36. The number of hydrogen-bond donors (Lipinski definition) is 0. The van der Waals surface area contributed by atoms with E-state index in [-0.39, 0.29) is 23.5 Å². The highest BCUT2D eigenvalue weighted by molar-refractivity contribution is 6.36. The Kier molecular flexibility index (Phi) is 7.82. The number of piperazine rings is 1. The van der Waals surface area contributed by atoms with E-state index in [0.29, 0.717) is 44.9 Å². The molecule has 2 amide bonds. The minimum absolute atomic E-state index is 0.190. The summed E-state index contributed by atoms with van der Waals surface area (Å²) in [6, 6.07) is 5.89. The molecule has 0 aromatic carbocycles. The number of rotatable bonds is 7. The average molecular weight is 415 g/mol. The molecule has 0 N–H and O–H groups in total. The molecule has 2 saturated heterocycles. The van der Waals surface area contributed by atoms with Crippen molar-refractivity contribution in [3.05, 3.63) is 24.4 Å². The molecule has 30 heavy (non-hydrogen) atoms. The standard InChI is InChI=1S/C23H34N4O3/c1-18(2)16-20(28)23(30)27-11-5-6-19(17-27)8-9-22(29)26-14-12-25(13-15-26)21-7-3-4-10-24-21/h3-4,7,10,18-19H,5-6,8-9,11-17H2,1-2H3. The van der Waals surface area contributed by atoms with Crippen molar-refractivity contribution in [2.24, 2.45) is 11.8 Å². The summed E-state index contributed by atoms with van der Waals surface area (Å²) in [5.41, 5.74) is 0. The molecule has 3 heterocycles. The van der Waals surface area contributed by atoms with Crippen molar-refractivity contribution in [1.82, 2.24) is 14.8 Å². The molecule has 0 spiro atoms. The van der Waals surface area contributed by atoms with Crippen LogP contribution in [0.4, 0.5) is 5.82 Å². The van der Waals surface area contributed by atoms with Gasteiger partial charge >= 0.3 is 0 Å². The molecule has 2 aliphatic rings. The van der Waals surface area contributed by atoms with Crippen molar-refractivity contribution < 1.29 is 14.4 Å². The van der Waals surface area contributed by atoms with E-state index < -0.39 is 0 Å². The molecule has 2 fully saturated rings. The highest BCUT2D eigenvalue weighted by Crippen LogP contribution is 2.22. The largest absolute Gasteiger partial charge is 0.353 e. The van der Waals surface area contributed by atoms with E-state index >= 15 is 0 Å². The van der Waals surface area contributed by atoms with Crippen LogP contribution in [-0.2, 0) is 14.4 Å². The Morgan fingerprint density at radius 1 is 1.07 bits per heavy atom. The van der Waals surface area contributed by atoms with E-state index in [4.69, 9.17) is 0 Å². The molecule has 1 aromatic rings. The van der Waals surface area contributed by atoms with Gasteiger partial charge in [0, 0.05) is 58.3 Å². The van der Waals surface area contributed by atoms with Crippen molar-refractivity contribution in [2.75, 3.05) is 44.2 Å². The molecule has 1 aromatic heterocycles. The number of aromatic nitrogens is 1. The third kappa shape index (κ3) is 6.03. The van der Waals surface area contributed by atoms with Crippen molar-refractivity contribution >= 4 is 23.4 Å². The van der Waals surface area contributed by atoms with Gasteiger partial charge in [0.1, 0.15) is 5.82 Å². The summed E-state index contributed by atoms with van der Waals surface area (Å²) in [6.45, 7) is 8.19. The first-order valence-electron chi connectivity index (χ1n) is 11.2. The quantitative estimate of drug-likeness (QED) is 0.641. The molecular weight excluding hydrogens is 380 g/mol. The molecule has 0 saturated carbocycles. The van der Waals surface area contributed by atoms with Gasteiger partial charge in [-0.15, -0.1) is 0 Å². The molecule has 3 rings (SSSR count). The topological polar surface area (TPSA) is 73.8 Å². The number of Topliss-reactive ketones (excluding diaryl/α,β-unsaturated/α-hetero) is 1. The smallest absolute Gasteiger partial charge is 0.289 e. The van der Waals surface area contributed by atoms with Crippen LogP contribution in [0, 0.1) is 11.8 Å². The van der Waals surface area contributed by atoms with Gasteiger partial charge in [-0.25, -0.2) is 4.98 Å². The Balaban J connectivity index is 1.41. The summed E-state index contributed by atoms with van der Waals surface area (Å²) in [6.07, 6.45) is 5.31. The van der Waals surface area contributed by atoms with Gasteiger partial charge in [0.25, 0.3) is 5.91 Å². The second kappa shape index (κ2) is 10.5. The van der Waals surface area contributed by atoms with Gasteiger partial charge in [-0.05, 0) is 43.2 Å². The zero-order chi connectivity index (χ0) is 21.5. The van der Waals surface area contributed by atoms with Crippen LogP contribution in [0.25, 0.3) is 0 Å². The first-order chi connectivity index (χ1) is 14.4. The van der Waals surface area contributed by atoms with Crippen molar-refractivity contribution in [3.63, 3.8) is 0 Å². The summed E-state index contributed by atoms with van der Waals surface area (Å²) in [5, 5.41) is 0. The normalized spacial score (nSPS) is 19.8. The van der Waals surface area contributed by atoms with E-state index in [0.717, 1.165) is 38.2 Å². The fraction of sp³-hybridized carbons (Fsp3) is 0.652. The number of carbonyl (C=O) groups is 3. The molecule has 0 radical (unpaired) electrons. The zero-order valence-corrected chi connectivity index (χ0v) is 18.3. The molecule has 0 bridgehead atoms. The third-order valence-electron chi connectivity index (χ3n) is 6.01. The Morgan fingerprint density at radius 2 is 1.83 bits per heavy atom. The van der Waals surface area contributed by atoms with E-state index in [9.17, 15) is 14.4 Å². The maximum atomic E-state index is 12.7. The van der Waals surface area contributed by atoms with E-state index in [1.807, 2.05) is 36.9 Å². The Bertz CT molecular complexity index is 729. The fourth-order valence-corrected chi connectivity index (χ4v) is 4.33. The maximum Gasteiger partial charge on any atom is 0.289 e. The monoisotopic (exact) mass is 414 g/mol. The van der Waals surface area contributed by atoms with Gasteiger partial charge < -0.3 is 14.7 Å². The van der Waals surface area contributed by atoms with Crippen molar-refractivity contribution in [1.29, 1.82) is 0 Å². The second-order valence-corrected chi connectivity index (χ2v) is 8.88. The van der Waals surface area contributed by atoms with Gasteiger partial charge in [-0.1, -0.05) is 19.9 Å². The van der Waals surface area contributed by atoms with Gasteiger partial charge in [-0.2, -0.15) is 0 Å². The third-order valence-corrected chi connectivity index (χ3v) is 6.01. The number of amides is 2. The van der Waals surface area contributed by atoms with Gasteiger partial charge in [0.2, 0.25) is 11.7 Å². The van der Waals surface area contributed by atoms with Crippen LogP contribution >= 0.6 is 0 Å². The van der Waals surface area contributed by atoms with E-state index in [1.54, 1.807) is 11.1 Å². The van der Waals surface area contributed by atoms with Crippen LogP contribution in [0.15, 0.2) is 24.4 Å². The number of nitrogens with zero attached hydrogens (tertiary/aromatic N) is 4. The molecule has 1 atom stereocenters. The SMILES string of the molecule is CC(C)CC(=O)C(=O)N1CCCC(CCC(=O)N2CCN(c3ccccn3)CC2)C1. The number of likely N-dealkylation sites (tertiary alicyclic amines) is 1. The molecule has 2 aliphatic heterocycles. The predicted molar refractivity (Wildman–Crippen MR) is 116 cm³/mol. The molecule has 164 valence electrons. The fourth-order valence-electron chi connectivity index (χ4n) is 4.33. The minimum atomic E-state index is -0.342. The highest BCUT2D eigenvalue weighted by atomic mass is 16.2. The van der Waals surface area contributed by atoms with Gasteiger partial charge in [-0.3, -0.25) is 14.4 Å². The summed E-state index contributed by atoms with van der Waals surface area (Å²) >= 11 is 0. The Hall–Kier alpha value is -2.44. The van der Waals surface area contributed by atoms with E-state index in [2.05, 4.69) is 9.88 Å². The van der Waals surface area contributed by atoms with Crippen LogP contribution < -0.4 is 4.90 Å². The number of hydrogen-bond acceptors (Lipinski definition) is 5. The predicted octanol–water partition coefficient (Wildman–Crippen LogP) is 2.36. The van der Waals surface area contributed by atoms with Crippen molar-refractivity contribution in [3.8, 4) is 0 Å². The summed E-state index contributed by atoms with van der Waals surface area (Å²) in [7, 11) is 0. The molecule has 0 aliphatic carbocycles. The number of pyridine rings is 1. The summed E-state index contributed by atoms with van der Waals surface area (Å²) < 4.78 is 0. The average Bonchev–Trinajstić information content (AvgIpc) is 2.77. The number of anilines is 1. The van der Waals surface area contributed by atoms with Crippen LogP contribution in [0.3, 0.4) is 0 Å². The lowest BCUT2D eigenvalue weighted by molar-refractivity contribution is -0.146. The second-order valence-electron chi connectivity index (χ2n) is 8.88. The Labute approximate surface area is 179 Å². The van der Waals surface area contributed by atoms with Crippen LogP contribution in [-0.4, -0.2) is 71.6 Å². The minimum Gasteiger partial charge on any atom is -0.353 e. The van der Waals surface area contributed by atoms with E-state index in [1.165, 1.54) is 0 Å². The first-order valence-corrected chi connectivity index (χ1v) is 11.2. The van der Waals surface area contributed by atoms with Crippen LogP contribution in [0.1, 0.15) is 46.0 Å². The highest BCUT2D eigenvalue weighted by Gasteiger charge is 2.29.